The van der Waals surface area contributed by atoms with Gasteiger partial charge in [-0.15, -0.1) is 0 Å². The van der Waals surface area contributed by atoms with Gasteiger partial charge in [0.1, 0.15) is 5.84 Å². The lowest BCUT2D eigenvalue weighted by molar-refractivity contribution is -0.106. The number of allylic oxidation sites excluding steroid dienone is 1. The Morgan fingerprint density at radius 3 is 2.54 bits per heavy atom. The van der Waals surface area contributed by atoms with Crippen LogP contribution in [0.3, 0.4) is 0 Å². The summed E-state index contributed by atoms with van der Waals surface area (Å²) in [6.45, 7) is 4.13. The molecule has 1 saturated carbocycles. The van der Waals surface area contributed by atoms with Gasteiger partial charge in [-0.3, -0.25) is 4.79 Å². The highest BCUT2D eigenvalue weighted by molar-refractivity contribution is 5.95. The topological polar surface area (TPSA) is 99.3 Å². The number of carbonyl (C=O) groups excluding carboxylic acids is 1. The first-order chi connectivity index (χ1) is 13.3. The zero-order valence-corrected chi connectivity index (χ0v) is 15.9. The van der Waals surface area contributed by atoms with E-state index in [9.17, 15) is 13.6 Å². The van der Waals surface area contributed by atoms with E-state index in [0.717, 1.165) is 24.1 Å². The molecule has 1 aliphatic carbocycles. The number of halogens is 2. The number of nitrogens with two attached hydrogens (primary N) is 2. The average molecular weight is 389 g/mol. The average Bonchev–Trinajstić information content (AvgIpc) is 3.39. The molecule has 0 radical (unpaired) electrons. The minimum Gasteiger partial charge on any atom is -0.402 e. The number of aromatic nitrogens is 2. The zero-order chi connectivity index (χ0) is 20.7. The van der Waals surface area contributed by atoms with Gasteiger partial charge in [-0.1, -0.05) is 26.0 Å². The summed E-state index contributed by atoms with van der Waals surface area (Å²) in [6, 6.07) is 6.26. The third kappa shape index (κ3) is 6.29. The monoisotopic (exact) mass is 389 g/mol. The van der Waals surface area contributed by atoms with E-state index in [1.54, 1.807) is 29.1 Å². The Balaban J connectivity index is 0.000000221. The fraction of sp³-hybridized carbons (Fsp3) is 0.350. The summed E-state index contributed by atoms with van der Waals surface area (Å²) in [4.78, 5) is 13.2. The molecule has 0 saturated heterocycles. The third-order valence-corrected chi connectivity index (χ3v) is 4.22. The Bertz CT molecular complexity index is 854. The Morgan fingerprint density at radius 2 is 2.00 bits per heavy atom. The first-order valence-electron chi connectivity index (χ1n) is 8.98. The second-order valence-corrected chi connectivity index (χ2v) is 6.85. The molecule has 0 unspecified atom stereocenters. The number of hydrogen-bond acceptors (Lipinski definition) is 3. The molecule has 0 bridgehead atoms. The summed E-state index contributed by atoms with van der Waals surface area (Å²) >= 11 is 0. The highest BCUT2D eigenvalue weighted by Gasteiger charge is 2.23. The van der Waals surface area contributed by atoms with Crippen LogP contribution in [0.15, 0.2) is 53.4 Å². The molecule has 4 N–H and O–H groups in total. The molecule has 28 heavy (non-hydrogen) atoms. The molecule has 1 amide bonds. The molecule has 0 spiro atoms. The number of carbonyl (C=O) groups is 1. The van der Waals surface area contributed by atoms with E-state index in [1.807, 2.05) is 6.20 Å². The SMILES string of the molecule is CC(C)c1cnn(-c2cccc(C(F)F)c2)c1.NC(/C=C(\N)C1CC1)=NC=O. The molecule has 3 rings (SSSR count). The molecule has 1 aromatic heterocycles. The lowest BCUT2D eigenvalue weighted by atomic mass is 10.1. The number of amidine groups is 1. The molecule has 1 fully saturated rings. The lowest BCUT2D eigenvalue weighted by Crippen LogP contribution is -2.12. The second kappa shape index (κ2) is 9.77. The van der Waals surface area contributed by atoms with E-state index in [4.69, 9.17) is 11.5 Å². The molecule has 6 nitrogen and oxygen atoms in total. The maximum absolute atomic E-state index is 12.6. The van der Waals surface area contributed by atoms with Crippen LogP contribution in [0.2, 0.25) is 0 Å². The van der Waals surface area contributed by atoms with Crippen LogP contribution in [0, 0.1) is 5.92 Å². The van der Waals surface area contributed by atoms with E-state index >= 15 is 0 Å². The molecule has 2 aromatic rings. The molecule has 150 valence electrons. The summed E-state index contributed by atoms with van der Waals surface area (Å²) in [6.07, 6.45) is 5.38. The number of aliphatic imine (C=N–C) groups is 1. The highest BCUT2D eigenvalue weighted by Crippen LogP contribution is 2.33. The lowest BCUT2D eigenvalue weighted by Gasteiger charge is -2.04. The van der Waals surface area contributed by atoms with Gasteiger partial charge < -0.3 is 11.5 Å². The number of hydrogen-bond donors (Lipinski definition) is 2. The highest BCUT2D eigenvalue weighted by atomic mass is 19.3. The van der Waals surface area contributed by atoms with E-state index in [2.05, 4.69) is 23.9 Å². The summed E-state index contributed by atoms with van der Waals surface area (Å²) in [5, 5.41) is 4.18. The van der Waals surface area contributed by atoms with E-state index in [-0.39, 0.29) is 11.4 Å². The predicted octanol–water partition coefficient (Wildman–Crippen LogP) is 3.69. The van der Waals surface area contributed by atoms with Crippen molar-refractivity contribution in [2.45, 2.75) is 39.0 Å². The van der Waals surface area contributed by atoms with E-state index in [0.29, 0.717) is 23.9 Å². The standard InChI is InChI=1S/C13H14F2N2.C7H11N3O/c1-9(2)11-7-16-17(8-11)12-5-3-4-10(6-12)13(14)15;8-6(5-1-2-5)3-7(9)10-4-11/h3-9,13H,1-2H3;3-5H,1-2,8H2,(H2,9,10,11)/b;6-3-. The van der Waals surface area contributed by atoms with Crippen LogP contribution in [-0.4, -0.2) is 22.0 Å². The molecule has 1 aliphatic rings. The van der Waals surface area contributed by atoms with Crippen LogP contribution in [0.1, 0.15) is 50.2 Å². The maximum Gasteiger partial charge on any atom is 0.263 e. The minimum absolute atomic E-state index is 0.0177. The summed E-state index contributed by atoms with van der Waals surface area (Å²) in [7, 11) is 0. The first kappa shape index (κ1) is 21.3. The van der Waals surface area contributed by atoms with Gasteiger partial charge in [0.2, 0.25) is 6.41 Å². The smallest absolute Gasteiger partial charge is 0.263 e. The Morgan fingerprint density at radius 1 is 1.29 bits per heavy atom. The van der Waals surface area contributed by atoms with Gasteiger partial charge in [0.15, 0.2) is 0 Å². The van der Waals surface area contributed by atoms with E-state index < -0.39 is 6.43 Å². The molecule has 0 aliphatic heterocycles. The zero-order valence-electron chi connectivity index (χ0n) is 15.9. The Labute approximate surface area is 162 Å². The van der Waals surface area contributed by atoms with Crippen molar-refractivity contribution in [3.05, 3.63) is 59.6 Å². The molecule has 8 heteroatoms. The van der Waals surface area contributed by atoms with Gasteiger partial charge >= 0.3 is 0 Å². The number of alkyl halides is 2. The Kier molecular flexibility index (Phi) is 7.43. The number of amides is 1. The van der Waals surface area contributed by atoms with Gasteiger partial charge in [-0.2, -0.15) is 10.1 Å². The van der Waals surface area contributed by atoms with E-state index in [1.165, 1.54) is 12.1 Å². The molecule has 0 atom stereocenters. The Hall–Kier alpha value is -3.03. The largest absolute Gasteiger partial charge is 0.402 e. The van der Waals surface area contributed by atoms with Crippen molar-refractivity contribution < 1.29 is 13.6 Å². The second-order valence-electron chi connectivity index (χ2n) is 6.85. The van der Waals surface area contributed by atoms with Crippen molar-refractivity contribution >= 4 is 12.2 Å². The van der Waals surface area contributed by atoms with Gasteiger partial charge in [0.25, 0.3) is 6.43 Å². The molecular formula is C20H25F2N5O. The summed E-state index contributed by atoms with van der Waals surface area (Å²) in [5.74, 6) is 1.03. The van der Waals surface area contributed by atoms with Crippen LogP contribution in [0.4, 0.5) is 8.78 Å². The van der Waals surface area contributed by atoms with Crippen molar-refractivity contribution in [3.63, 3.8) is 0 Å². The van der Waals surface area contributed by atoms with Crippen LogP contribution in [0.25, 0.3) is 5.69 Å². The van der Waals surface area contributed by atoms with Crippen molar-refractivity contribution in [2.75, 3.05) is 0 Å². The normalized spacial score (nSPS) is 14.8. The quantitative estimate of drug-likeness (QED) is 0.447. The van der Waals surface area contributed by atoms with Gasteiger partial charge in [0.05, 0.1) is 11.9 Å². The van der Waals surface area contributed by atoms with Crippen LogP contribution < -0.4 is 11.5 Å². The van der Waals surface area contributed by atoms with Crippen molar-refractivity contribution in [2.24, 2.45) is 22.4 Å². The van der Waals surface area contributed by atoms with Crippen LogP contribution in [0.5, 0.6) is 0 Å². The number of rotatable bonds is 6. The van der Waals surface area contributed by atoms with Crippen LogP contribution >= 0.6 is 0 Å². The van der Waals surface area contributed by atoms with Gasteiger partial charge in [0, 0.05) is 17.5 Å². The number of benzene rings is 1. The third-order valence-electron chi connectivity index (χ3n) is 4.22. The predicted molar refractivity (Wildman–Crippen MR) is 105 cm³/mol. The van der Waals surface area contributed by atoms with Gasteiger partial charge in [-0.25, -0.2) is 13.5 Å². The van der Waals surface area contributed by atoms with Crippen LogP contribution in [-0.2, 0) is 4.79 Å². The molecule has 1 aromatic carbocycles. The number of nitrogens with zero attached hydrogens (tertiary/aromatic N) is 3. The van der Waals surface area contributed by atoms with Crippen molar-refractivity contribution in [1.82, 2.24) is 9.78 Å². The van der Waals surface area contributed by atoms with Gasteiger partial charge in [-0.05, 0) is 48.4 Å². The minimum atomic E-state index is -2.45. The fourth-order valence-corrected chi connectivity index (χ4v) is 2.38. The van der Waals surface area contributed by atoms with Crippen molar-refractivity contribution in [1.29, 1.82) is 0 Å². The summed E-state index contributed by atoms with van der Waals surface area (Å²) in [5.41, 5.74) is 13.4. The maximum atomic E-state index is 12.6. The molecular weight excluding hydrogens is 364 g/mol. The first-order valence-corrected chi connectivity index (χ1v) is 8.98. The summed E-state index contributed by atoms with van der Waals surface area (Å²) < 4.78 is 26.8. The molecule has 1 heterocycles. The van der Waals surface area contributed by atoms with Crippen molar-refractivity contribution in [3.8, 4) is 5.69 Å². The fourth-order valence-electron chi connectivity index (χ4n) is 2.38.